The summed E-state index contributed by atoms with van der Waals surface area (Å²) in [5.41, 5.74) is 0. The van der Waals surface area contributed by atoms with Crippen LogP contribution in [0.1, 0.15) is 27.2 Å². The normalized spacial score (nSPS) is 14.7. The Hall–Kier alpha value is -0.710. The van der Waals surface area contributed by atoms with Crippen LogP contribution in [0.4, 0.5) is 0 Å². The minimum absolute atomic E-state index is 0.234. The predicted octanol–water partition coefficient (Wildman–Crippen LogP) is 1.17. The van der Waals surface area contributed by atoms with Crippen molar-refractivity contribution in [3.63, 3.8) is 0 Å². The number of carboxylic acids is 1. The van der Waals surface area contributed by atoms with Crippen LogP contribution in [0.5, 0.6) is 0 Å². The molecular weight excluding hydrogens is 214 g/mol. The van der Waals surface area contributed by atoms with Crippen LogP contribution in [0.25, 0.3) is 0 Å². The van der Waals surface area contributed by atoms with Crippen molar-refractivity contribution in [1.29, 1.82) is 0 Å². The molecule has 0 fully saturated rings. The molecule has 5 heteroatoms. The summed E-state index contributed by atoms with van der Waals surface area (Å²) >= 11 is 3.99. The molecule has 0 bridgehead atoms. The van der Waals surface area contributed by atoms with Gasteiger partial charge in [0.15, 0.2) is 0 Å². The molecule has 0 aromatic rings. The Kier molecular flexibility index (Phi) is 6.40. The van der Waals surface area contributed by atoms with Gasteiger partial charge in [-0.05, 0) is 12.3 Å². The van der Waals surface area contributed by atoms with Crippen molar-refractivity contribution in [1.82, 2.24) is 5.32 Å². The van der Waals surface area contributed by atoms with Gasteiger partial charge in [-0.25, -0.2) is 4.79 Å². The minimum Gasteiger partial charge on any atom is -0.480 e. The van der Waals surface area contributed by atoms with Crippen molar-refractivity contribution < 1.29 is 14.7 Å². The van der Waals surface area contributed by atoms with E-state index in [2.05, 4.69) is 17.9 Å². The smallest absolute Gasteiger partial charge is 0.326 e. The summed E-state index contributed by atoms with van der Waals surface area (Å²) in [7, 11) is 0. The lowest BCUT2D eigenvalue weighted by molar-refractivity contribution is -0.142. The Morgan fingerprint density at radius 1 is 1.33 bits per heavy atom. The summed E-state index contributed by atoms with van der Waals surface area (Å²) in [6, 6.07) is -0.792. The Labute approximate surface area is 95.8 Å². The van der Waals surface area contributed by atoms with Gasteiger partial charge in [0, 0.05) is 11.7 Å². The van der Waals surface area contributed by atoms with E-state index in [1.165, 1.54) is 0 Å². The number of rotatable bonds is 6. The summed E-state index contributed by atoms with van der Waals surface area (Å²) < 4.78 is 0. The molecule has 0 radical (unpaired) electrons. The van der Waals surface area contributed by atoms with E-state index in [1.807, 2.05) is 13.8 Å². The van der Waals surface area contributed by atoms with Crippen LogP contribution in [0.3, 0.4) is 0 Å². The van der Waals surface area contributed by atoms with E-state index in [0.29, 0.717) is 12.2 Å². The van der Waals surface area contributed by atoms with Gasteiger partial charge in [-0.2, -0.15) is 12.6 Å². The first kappa shape index (κ1) is 14.3. The van der Waals surface area contributed by atoms with Gasteiger partial charge in [-0.3, -0.25) is 4.79 Å². The maximum Gasteiger partial charge on any atom is 0.326 e. The summed E-state index contributed by atoms with van der Waals surface area (Å²) in [4.78, 5) is 22.3. The Morgan fingerprint density at radius 2 is 1.87 bits per heavy atom. The zero-order valence-electron chi connectivity index (χ0n) is 9.36. The third-order valence-corrected chi connectivity index (χ3v) is 2.59. The minimum atomic E-state index is -0.983. The van der Waals surface area contributed by atoms with E-state index < -0.39 is 12.0 Å². The fraction of sp³-hybridized carbons (Fsp3) is 0.800. The van der Waals surface area contributed by atoms with E-state index in [-0.39, 0.29) is 17.7 Å². The third-order valence-electron chi connectivity index (χ3n) is 2.04. The van der Waals surface area contributed by atoms with Crippen LogP contribution < -0.4 is 5.32 Å². The van der Waals surface area contributed by atoms with E-state index in [9.17, 15) is 9.59 Å². The molecule has 0 spiro atoms. The maximum atomic E-state index is 11.4. The van der Waals surface area contributed by atoms with Gasteiger partial charge in [0.1, 0.15) is 6.04 Å². The van der Waals surface area contributed by atoms with Crippen molar-refractivity contribution in [3.05, 3.63) is 0 Å². The number of aliphatic carboxylic acids is 1. The molecule has 0 aliphatic rings. The topological polar surface area (TPSA) is 66.4 Å². The highest BCUT2D eigenvalue weighted by atomic mass is 32.1. The van der Waals surface area contributed by atoms with E-state index in [4.69, 9.17) is 5.11 Å². The summed E-state index contributed by atoms with van der Waals surface area (Å²) in [5, 5.41) is 11.4. The highest BCUT2D eigenvalue weighted by Gasteiger charge is 2.22. The molecule has 0 heterocycles. The summed E-state index contributed by atoms with van der Waals surface area (Å²) in [5.74, 6) is -0.846. The first-order valence-electron chi connectivity index (χ1n) is 5.02. The van der Waals surface area contributed by atoms with Crippen molar-refractivity contribution in [2.45, 2.75) is 33.2 Å². The molecule has 0 saturated carbocycles. The number of carbonyl (C=O) groups excluding carboxylic acids is 1. The second-order valence-electron chi connectivity index (χ2n) is 4.11. The van der Waals surface area contributed by atoms with Gasteiger partial charge in [0.05, 0.1) is 0 Å². The molecule has 0 aromatic carbocycles. The number of carboxylic acid groups (broad SMARTS) is 1. The van der Waals surface area contributed by atoms with Crippen LogP contribution in [0.2, 0.25) is 0 Å². The molecule has 88 valence electrons. The van der Waals surface area contributed by atoms with E-state index in [0.717, 1.165) is 0 Å². The SMILES string of the molecule is CC(C)C[C@H](NC(=O)[C@H](C)CS)C(=O)O. The van der Waals surface area contributed by atoms with Crippen molar-refractivity contribution in [2.75, 3.05) is 5.75 Å². The Balaban J connectivity index is 4.29. The van der Waals surface area contributed by atoms with Crippen LogP contribution in [-0.4, -0.2) is 28.8 Å². The molecule has 0 rings (SSSR count). The molecule has 0 saturated heterocycles. The number of hydrogen-bond acceptors (Lipinski definition) is 3. The lowest BCUT2D eigenvalue weighted by Crippen LogP contribution is -2.44. The van der Waals surface area contributed by atoms with Crippen LogP contribution >= 0.6 is 12.6 Å². The molecule has 0 unspecified atom stereocenters. The molecule has 4 nitrogen and oxygen atoms in total. The van der Waals surface area contributed by atoms with Crippen LogP contribution in [0, 0.1) is 11.8 Å². The maximum absolute atomic E-state index is 11.4. The molecule has 2 N–H and O–H groups in total. The Bertz CT molecular complexity index is 231. The lowest BCUT2D eigenvalue weighted by Gasteiger charge is -2.18. The average molecular weight is 233 g/mol. The van der Waals surface area contributed by atoms with E-state index >= 15 is 0 Å². The second kappa shape index (κ2) is 6.71. The molecule has 0 aromatic heterocycles. The zero-order valence-corrected chi connectivity index (χ0v) is 10.3. The molecule has 2 atom stereocenters. The highest BCUT2D eigenvalue weighted by Crippen LogP contribution is 2.06. The van der Waals surface area contributed by atoms with Gasteiger partial charge >= 0.3 is 5.97 Å². The predicted molar refractivity (Wildman–Crippen MR) is 62.0 cm³/mol. The first-order chi connectivity index (χ1) is 6.88. The van der Waals surface area contributed by atoms with Crippen LogP contribution in [-0.2, 0) is 9.59 Å². The molecule has 1 amide bonds. The quantitative estimate of drug-likeness (QED) is 0.603. The second-order valence-corrected chi connectivity index (χ2v) is 4.48. The van der Waals surface area contributed by atoms with Crippen LogP contribution in [0.15, 0.2) is 0 Å². The van der Waals surface area contributed by atoms with Gasteiger partial charge in [0.25, 0.3) is 0 Å². The largest absolute Gasteiger partial charge is 0.480 e. The molecule has 15 heavy (non-hydrogen) atoms. The lowest BCUT2D eigenvalue weighted by atomic mass is 10.0. The summed E-state index contributed by atoms with van der Waals surface area (Å²) in [6.07, 6.45) is 0.445. The zero-order chi connectivity index (χ0) is 12.0. The highest BCUT2D eigenvalue weighted by molar-refractivity contribution is 7.80. The summed E-state index contributed by atoms with van der Waals surface area (Å²) in [6.45, 7) is 5.56. The van der Waals surface area contributed by atoms with Gasteiger partial charge in [-0.1, -0.05) is 20.8 Å². The fourth-order valence-electron chi connectivity index (χ4n) is 1.09. The number of nitrogens with one attached hydrogen (secondary N) is 1. The van der Waals surface area contributed by atoms with Crippen molar-refractivity contribution in [2.24, 2.45) is 11.8 Å². The first-order valence-corrected chi connectivity index (χ1v) is 5.65. The number of carbonyl (C=O) groups is 2. The molecule has 0 aliphatic heterocycles. The van der Waals surface area contributed by atoms with Gasteiger partial charge < -0.3 is 10.4 Å². The number of hydrogen-bond donors (Lipinski definition) is 3. The third kappa shape index (κ3) is 5.67. The monoisotopic (exact) mass is 233 g/mol. The standard InChI is InChI=1S/C10H19NO3S/c1-6(2)4-8(10(13)14)11-9(12)7(3)5-15/h6-8,15H,4-5H2,1-3H3,(H,11,12)(H,13,14)/t7-,8+/m1/s1. The average Bonchev–Trinajstić information content (AvgIpc) is 2.14. The molecular formula is C10H19NO3S. The molecule has 0 aliphatic carbocycles. The van der Waals surface area contributed by atoms with Gasteiger partial charge in [0.2, 0.25) is 5.91 Å². The Morgan fingerprint density at radius 3 is 2.20 bits per heavy atom. The van der Waals surface area contributed by atoms with Gasteiger partial charge in [-0.15, -0.1) is 0 Å². The van der Waals surface area contributed by atoms with E-state index in [1.54, 1.807) is 6.92 Å². The van der Waals surface area contributed by atoms with Crippen molar-refractivity contribution in [3.8, 4) is 0 Å². The fourth-order valence-corrected chi connectivity index (χ4v) is 1.26. The number of amides is 1. The number of thiol groups is 1. The van der Waals surface area contributed by atoms with Crippen molar-refractivity contribution >= 4 is 24.5 Å².